The maximum absolute atomic E-state index is 12.4. The van der Waals surface area contributed by atoms with Crippen LogP contribution in [-0.2, 0) is 20.8 Å². The molecule has 0 aliphatic heterocycles. The van der Waals surface area contributed by atoms with E-state index in [2.05, 4.69) is 25.6 Å². The zero-order valence-electron chi connectivity index (χ0n) is 16.0. The van der Waals surface area contributed by atoms with E-state index in [4.69, 9.17) is 17.2 Å². The number of H-pyrrole nitrogens is 1. The van der Waals surface area contributed by atoms with Crippen molar-refractivity contribution in [2.45, 2.75) is 50.4 Å². The number of rotatable bonds is 12. The molecular weight excluding hydrogens is 384 g/mol. The summed E-state index contributed by atoms with van der Waals surface area (Å²) in [7, 11) is 0. The number of carboxylic acid groups (broad SMARTS) is 1. The number of nitrogens with two attached hydrogens (primary N) is 3. The van der Waals surface area contributed by atoms with Gasteiger partial charge in [-0.05, 0) is 19.8 Å². The largest absolute Gasteiger partial charge is 0.480 e. The van der Waals surface area contributed by atoms with Crippen molar-refractivity contribution in [2.24, 2.45) is 22.2 Å². The van der Waals surface area contributed by atoms with Crippen LogP contribution in [-0.4, -0.2) is 74.7 Å². The SMILES string of the molecule is CC(O)C(NC(=O)C(N)Cc1cnc[nH]1)C(=O)NC(CCCN=C(N)N)C(=O)O. The predicted molar refractivity (Wildman–Crippen MR) is 103 cm³/mol. The Morgan fingerprint density at radius 1 is 1.28 bits per heavy atom. The smallest absolute Gasteiger partial charge is 0.326 e. The first kappa shape index (κ1) is 23.8. The molecule has 11 N–H and O–H groups in total. The maximum Gasteiger partial charge on any atom is 0.326 e. The summed E-state index contributed by atoms with van der Waals surface area (Å²) in [5, 5.41) is 23.8. The minimum absolute atomic E-state index is 0.0532. The highest BCUT2D eigenvalue weighted by Crippen LogP contribution is 2.03. The summed E-state index contributed by atoms with van der Waals surface area (Å²) >= 11 is 0. The Labute approximate surface area is 167 Å². The molecule has 1 aromatic heterocycles. The number of guanidine groups is 1. The number of aliphatic imine (C=N–C) groups is 1. The maximum atomic E-state index is 12.4. The fourth-order valence-electron chi connectivity index (χ4n) is 2.41. The second-order valence-corrected chi connectivity index (χ2v) is 6.46. The van der Waals surface area contributed by atoms with Crippen LogP contribution in [0.3, 0.4) is 0 Å². The van der Waals surface area contributed by atoms with Crippen molar-refractivity contribution in [3.05, 3.63) is 18.2 Å². The molecule has 0 bridgehead atoms. The van der Waals surface area contributed by atoms with Crippen LogP contribution in [0.25, 0.3) is 0 Å². The summed E-state index contributed by atoms with van der Waals surface area (Å²) in [4.78, 5) is 46.4. The monoisotopic (exact) mass is 412 g/mol. The highest BCUT2D eigenvalue weighted by Gasteiger charge is 2.30. The fraction of sp³-hybridized carbons (Fsp3) is 0.562. The van der Waals surface area contributed by atoms with Crippen LogP contribution in [0.2, 0.25) is 0 Å². The Hall–Kier alpha value is -3.19. The molecule has 0 saturated heterocycles. The number of carboxylic acids is 1. The number of hydrogen-bond acceptors (Lipinski definition) is 7. The molecule has 2 amide bonds. The van der Waals surface area contributed by atoms with Gasteiger partial charge in [0.1, 0.15) is 12.1 Å². The first-order valence-electron chi connectivity index (χ1n) is 8.91. The second kappa shape index (κ2) is 11.6. The normalized spacial score (nSPS) is 14.9. The van der Waals surface area contributed by atoms with E-state index in [0.29, 0.717) is 12.1 Å². The minimum Gasteiger partial charge on any atom is -0.480 e. The Morgan fingerprint density at radius 3 is 2.48 bits per heavy atom. The van der Waals surface area contributed by atoms with Crippen molar-refractivity contribution in [3.8, 4) is 0 Å². The second-order valence-electron chi connectivity index (χ2n) is 6.46. The van der Waals surface area contributed by atoms with Gasteiger partial charge in [-0.25, -0.2) is 9.78 Å². The van der Waals surface area contributed by atoms with Crippen molar-refractivity contribution in [3.63, 3.8) is 0 Å². The number of nitrogens with zero attached hydrogens (tertiary/aromatic N) is 2. The number of amides is 2. The number of aromatic nitrogens is 2. The van der Waals surface area contributed by atoms with Crippen LogP contribution < -0.4 is 27.8 Å². The lowest BCUT2D eigenvalue weighted by atomic mass is 10.1. The van der Waals surface area contributed by atoms with Crippen molar-refractivity contribution in [1.29, 1.82) is 0 Å². The van der Waals surface area contributed by atoms with Crippen LogP contribution in [0, 0.1) is 0 Å². The molecular formula is C16H28N8O5. The predicted octanol–water partition coefficient (Wildman–Crippen LogP) is -3.23. The molecule has 0 fully saturated rings. The van der Waals surface area contributed by atoms with Gasteiger partial charge < -0.3 is 43.0 Å². The number of imidazole rings is 1. The lowest BCUT2D eigenvalue weighted by Gasteiger charge is -2.24. The number of aromatic amines is 1. The van der Waals surface area contributed by atoms with Gasteiger partial charge in [0.2, 0.25) is 11.8 Å². The van der Waals surface area contributed by atoms with E-state index in [1.807, 2.05) is 0 Å². The van der Waals surface area contributed by atoms with E-state index < -0.39 is 42.0 Å². The molecule has 1 aromatic rings. The number of carbonyl (C=O) groups is 3. The van der Waals surface area contributed by atoms with Crippen molar-refractivity contribution in [2.75, 3.05) is 6.54 Å². The van der Waals surface area contributed by atoms with Gasteiger partial charge >= 0.3 is 5.97 Å². The number of aliphatic carboxylic acids is 1. The lowest BCUT2D eigenvalue weighted by molar-refractivity contribution is -0.143. The minimum atomic E-state index is -1.38. The van der Waals surface area contributed by atoms with Gasteiger partial charge in [0.25, 0.3) is 0 Å². The number of carbonyl (C=O) groups excluding carboxylic acids is 2. The third kappa shape index (κ3) is 8.57. The van der Waals surface area contributed by atoms with Gasteiger partial charge in [0.05, 0.1) is 18.5 Å². The number of aliphatic hydroxyl groups is 1. The van der Waals surface area contributed by atoms with Gasteiger partial charge in [-0.3, -0.25) is 14.6 Å². The Morgan fingerprint density at radius 2 is 1.97 bits per heavy atom. The van der Waals surface area contributed by atoms with Crippen LogP contribution >= 0.6 is 0 Å². The molecule has 0 aliphatic carbocycles. The molecule has 0 saturated carbocycles. The third-order valence-electron chi connectivity index (χ3n) is 3.95. The van der Waals surface area contributed by atoms with E-state index in [0.717, 1.165) is 0 Å². The molecule has 162 valence electrons. The number of hydrogen-bond donors (Lipinski definition) is 8. The van der Waals surface area contributed by atoms with Crippen LogP contribution in [0.1, 0.15) is 25.5 Å². The molecule has 29 heavy (non-hydrogen) atoms. The van der Waals surface area contributed by atoms with E-state index in [1.165, 1.54) is 19.4 Å². The number of aliphatic hydroxyl groups excluding tert-OH is 1. The Kier molecular flexibility index (Phi) is 9.55. The first-order chi connectivity index (χ1) is 13.6. The van der Waals surface area contributed by atoms with Crippen molar-refractivity contribution >= 4 is 23.7 Å². The summed E-state index contributed by atoms with van der Waals surface area (Å²) in [6.07, 6.45) is 2.15. The van der Waals surface area contributed by atoms with E-state index in [1.54, 1.807) is 0 Å². The zero-order chi connectivity index (χ0) is 22.0. The summed E-state index contributed by atoms with van der Waals surface area (Å²) in [5.41, 5.74) is 16.8. The summed E-state index contributed by atoms with van der Waals surface area (Å²) in [6, 6.07) is -3.62. The first-order valence-corrected chi connectivity index (χ1v) is 8.91. The average Bonchev–Trinajstić information content (AvgIpc) is 3.13. The molecule has 13 nitrogen and oxygen atoms in total. The molecule has 1 rings (SSSR count). The summed E-state index contributed by atoms with van der Waals surface area (Å²) in [5.74, 6) is -2.92. The Balaban J connectivity index is 2.67. The fourth-order valence-corrected chi connectivity index (χ4v) is 2.41. The molecule has 0 radical (unpaired) electrons. The Bertz CT molecular complexity index is 702. The zero-order valence-corrected chi connectivity index (χ0v) is 16.0. The molecule has 0 spiro atoms. The van der Waals surface area contributed by atoms with Gasteiger partial charge in [0, 0.05) is 24.9 Å². The highest BCUT2D eigenvalue weighted by molar-refractivity contribution is 5.92. The van der Waals surface area contributed by atoms with Crippen molar-refractivity contribution in [1.82, 2.24) is 20.6 Å². The average molecular weight is 412 g/mol. The topological polar surface area (TPSA) is 235 Å². The quantitative estimate of drug-likeness (QED) is 0.0976. The summed E-state index contributed by atoms with van der Waals surface area (Å²) < 4.78 is 0. The standard InChI is InChI=1S/C16H28N8O5/c1-8(25)12(24-13(26)10(17)5-9-6-20-7-22-9)14(27)23-11(15(28)29)3-2-4-21-16(18)19/h6-8,10-12,25H,2-5,17H2,1H3,(H,20,22)(H,23,27)(H,24,26)(H,28,29)(H4,18,19,21). The van der Waals surface area contributed by atoms with Gasteiger partial charge in [-0.15, -0.1) is 0 Å². The van der Waals surface area contributed by atoms with Crippen LogP contribution in [0.4, 0.5) is 0 Å². The lowest BCUT2D eigenvalue weighted by Crippen LogP contribution is -2.58. The molecule has 0 aromatic carbocycles. The third-order valence-corrected chi connectivity index (χ3v) is 3.95. The number of nitrogens with one attached hydrogen (secondary N) is 3. The van der Waals surface area contributed by atoms with E-state index in [9.17, 15) is 24.6 Å². The summed E-state index contributed by atoms with van der Waals surface area (Å²) in [6.45, 7) is 1.49. The van der Waals surface area contributed by atoms with Gasteiger partial charge in [-0.2, -0.15) is 0 Å². The molecule has 0 aliphatic rings. The van der Waals surface area contributed by atoms with Crippen molar-refractivity contribution < 1.29 is 24.6 Å². The molecule has 13 heteroatoms. The molecule has 1 heterocycles. The molecule has 4 atom stereocenters. The molecule has 4 unspecified atom stereocenters. The van der Waals surface area contributed by atoms with Gasteiger partial charge in [0.15, 0.2) is 5.96 Å². The van der Waals surface area contributed by atoms with Crippen LogP contribution in [0.5, 0.6) is 0 Å². The van der Waals surface area contributed by atoms with Crippen LogP contribution in [0.15, 0.2) is 17.5 Å². The highest BCUT2D eigenvalue weighted by atomic mass is 16.4. The van der Waals surface area contributed by atoms with E-state index >= 15 is 0 Å². The van der Waals surface area contributed by atoms with E-state index in [-0.39, 0.29) is 25.3 Å². The van der Waals surface area contributed by atoms with Gasteiger partial charge in [-0.1, -0.05) is 0 Å².